The Bertz CT molecular complexity index is 834. The molecule has 2 aromatic rings. The van der Waals surface area contributed by atoms with Gasteiger partial charge in [-0.15, -0.1) is 0 Å². The third kappa shape index (κ3) is 2.46. The van der Waals surface area contributed by atoms with Gasteiger partial charge in [0.15, 0.2) is 0 Å². The summed E-state index contributed by atoms with van der Waals surface area (Å²) in [6.07, 6.45) is 0.687. The van der Waals surface area contributed by atoms with E-state index in [0.717, 1.165) is 22.3 Å². The highest BCUT2D eigenvalue weighted by molar-refractivity contribution is 5.48. The van der Waals surface area contributed by atoms with Crippen LogP contribution in [0.3, 0.4) is 0 Å². The van der Waals surface area contributed by atoms with Crippen LogP contribution in [0.15, 0.2) is 65.7 Å². The van der Waals surface area contributed by atoms with Crippen LogP contribution in [0.25, 0.3) is 0 Å². The van der Waals surface area contributed by atoms with Gasteiger partial charge in [-0.2, -0.15) is 0 Å². The number of ether oxygens (including phenoxy) is 2. The number of allylic oxidation sites excluding steroid dienone is 1. The molecule has 0 bridgehead atoms. The van der Waals surface area contributed by atoms with Gasteiger partial charge >= 0.3 is 0 Å². The highest BCUT2D eigenvalue weighted by Gasteiger charge is 2.48. The van der Waals surface area contributed by atoms with Gasteiger partial charge in [0.25, 0.3) is 0 Å². The second-order valence-electron chi connectivity index (χ2n) is 7.50. The van der Waals surface area contributed by atoms with Crippen LogP contribution < -0.4 is 0 Å². The largest absolute Gasteiger partial charge is 0.381 e. The maximum atomic E-state index is 11.7. The van der Waals surface area contributed by atoms with Crippen molar-refractivity contribution in [1.29, 1.82) is 0 Å². The van der Waals surface area contributed by atoms with E-state index in [1.165, 1.54) is 5.57 Å². The summed E-state index contributed by atoms with van der Waals surface area (Å²) in [5.74, 6) is -0.612. The molecule has 1 aliphatic carbocycles. The van der Waals surface area contributed by atoms with Crippen molar-refractivity contribution >= 4 is 0 Å². The second-order valence-corrected chi connectivity index (χ2v) is 7.50. The predicted octanol–water partition coefficient (Wildman–Crippen LogP) is 4.50. The van der Waals surface area contributed by atoms with Crippen molar-refractivity contribution < 1.29 is 14.6 Å². The minimum Gasteiger partial charge on any atom is -0.381 e. The molecule has 1 N–H and O–H groups in total. The van der Waals surface area contributed by atoms with Crippen LogP contribution >= 0.6 is 0 Å². The molecule has 0 amide bonds. The van der Waals surface area contributed by atoms with Crippen LogP contribution in [0.5, 0.6) is 0 Å². The molecule has 1 saturated heterocycles. The molecule has 3 heteroatoms. The van der Waals surface area contributed by atoms with Crippen LogP contribution in [0.4, 0.5) is 0 Å². The minimum absolute atomic E-state index is 0.353. The zero-order valence-electron chi connectivity index (χ0n) is 15.7. The molecule has 1 heterocycles. The number of rotatable bonds is 3. The third-order valence-electron chi connectivity index (χ3n) is 6.13. The van der Waals surface area contributed by atoms with Crippen molar-refractivity contribution in [3.05, 3.63) is 82.4 Å². The first-order chi connectivity index (χ1) is 12.5. The van der Waals surface area contributed by atoms with E-state index in [4.69, 9.17) is 9.47 Å². The third-order valence-corrected chi connectivity index (χ3v) is 6.13. The molecule has 2 aliphatic rings. The van der Waals surface area contributed by atoms with E-state index in [-0.39, 0.29) is 0 Å². The summed E-state index contributed by atoms with van der Waals surface area (Å²) in [5.41, 5.74) is 4.05. The van der Waals surface area contributed by atoms with Gasteiger partial charge < -0.3 is 14.6 Å². The lowest BCUT2D eigenvalue weighted by Gasteiger charge is -2.35. The SMILES string of the molecule is CC1=C(C)C(O)(c2ccccc2C2(c3ccccc3)OCCO2)CC1C. The molecule has 2 aromatic carbocycles. The van der Waals surface area contributed by atoms with Crippen molar-refractivity contribution in [2.24, 2.45) is 5.92 Å². The summed E-state index contributed by atoms with van der Waals surface area (Å²) in [6.45, 7) is 7.41. The summed E-state index contributed by atoms with van der Waals surface area (Å²) >= 11 is 0. The van der Waals surface area contributed by atoms with Crippen LogP contribution in [-0.4, -0.2) is 18.3 Å². The Morgan fingerprint density at radius 3 is 2.04 bits per heavy atom. The number of aliphatic hydroxyl groups is 1. The molecule has 2 unspecified atom stereocenters. The summed E-state index contributed by atoms with van der Waals surface area (Å²) in [5, 5.41) is 11.7. The van der Waals surface area contributed by atoms with Crippen molar-refractivity contribution in [2.45, 2.75) is 38.6 Å². The van der Waals surface area contributed by atoms with E-state index in [1.54, 1.807) is 0 Å². The molecule has 3 nitrogen and oxygen atoms in total. The van der Waals surface area contributed by atoms with Crippen LogP contribution in [-0.2, 0) is 20.9 Å². The molecule has 26 heavy (non-hydrogen) atoms. The Morgan fingerprint density at radius 2 is 1.46 bits per heavy atom. The fourth-order valence-corrected chi connectivity index (χ4v) is 4.44. The summed E-state index contributed by atoms with van der Waals surface area (Å²) in [4.78, 5) is 0. The summed E-state index contributed by atoms with van der Waals surface area (Å²) < 4.78 is 12.4. The molecule has 4 rings (SSSR count). The van der Waals surface area contributed by atoms with Gasteiger partial charge in [-0.3, -0.25) is 0 Å². The fourth-order valence-electron chi connectivity index (χ4n) is 4.44. The molecule has 1 fully saturated rings. The van der Waals surface area contributed by atoms with Crippen molar-refractivity contribution in [2.75, 3.05) is 13.2 Å². The minimum atomic E-state index is -0.989. The van der Waals surface area contributed by atoms with E-state index in [9.17, 15) is 5.11 Å². The first-order valence-corrected chi connectivity index (χ1v) is 9.33. The molecule has 1 aliphatic heterocycles. The number of hydrogen-bond donors (Lipinski definition) is 1. The number of hydrogen-bond acceptors (Lipinski definition) is 3. The normalized spacial score (nSPS) is 27.9. The Balaban J connectivity index is 1.92. The molecule has 136 valence electrons. The first-order valence-electron chi connectivity index (χ1n) is 9.33. The van der Waals surface area contributed by atoms with Gasteiger partial charge in [0.05, 0.1) is 13.2 Å². The van der Waals surface area contributed by atoms with Gasteiger partial charge in [-0.1, -0.05) is 67.1 Å². The highest BCUT2D eigenvalue weighted by Crippen LogP contribution is 2.50. The van der Waals surface area contributed by atoms with Gasteiger partial charge in [0.1, 0.15) is 5.60 Å². The van der Waals surface area contributed by atoms with Gasteiger partial charge in [0.2, 0.25) is 5.79 Å². The lowest BCUT2D eigenvalue weighted by atomic mass is 9.80. The van der Waals surface area contributed by atoms with E-state index in [2.05, 4.69) is 13.8 Å². The van der Waals surface area contributed by atoms with Gasteiger partial charge in [0, 0.05) is 11.1 Å². The van der Waals surface area contributed by atoms with Crippen molar-refractivity contribution in [1.82, 2.24) is 0 Å². The molecular weight excluding hydrogens is 324 g/mol. The standard InChI is InChI=1S/C23H26O3/c1-16-15-22(24,18(3)17(16)2)20-11-7-8-12-21(20)23(25-13-14-26-23)19-9-5-4-6-10-19/h4-12,16,24H,13-15H2,1-3H3. The molecule has 0 saturated carbocycles. The second kappa shape index (κ2) is 6.34. The Hall–Kier alpha value is -1.94. The summed E-state index contributed by atoms with van der Waals surface area (Å²) in [6, 6.07) is 18.0. The van der Waals surface area contributed by atoms with E-state index in [0.29, 0.717) is 25.6 Å². The van der Waals surface area contributed by atoms with E-state index in [1.807, 2.05) is 61.5 Å². The average Bonchev–Trinajstić information content (AvgIpc) is 3.24. The van der Waals surface area contributed by atoms with E-state index < -0.39 is 11.4 Å². The Kier molecular flexibility index (Phi) is 4.26. The Labute approximate surface area is 155 Å². The quantitative estimate of drug-likeness (QED) is 0.829. The van der Waals surface area contributed by atoms with Crippen LogP contribution in [0, 0.1) is 5.92 Å². The van der Waals surface area contributed by atoms with Crippen molar-refractivity contribution in [3.63, 3.8) is 0 Å². The maximum absolute atomic E-state index is 11.7. The lowest BCUT2D eigenvalue weighted by molar-refractivity contribution is -0.132. The summed E-state index contributed by atoms with van der Waals surface area (Å²) in [7, 11) is 0. The smallest absolute Gasteiger partial charge is 0.222 e. The van der Waals surface area contributed by atoms with E-state index >= 15 is 0 Å². The average molecular weight is 350 g/mol. The zero-order valence-corrected chi connectivity index (χ0v) is 15.7. The molecule has 0 aromatic heterocycles. The van der Waals surface area contributed by atoms with Gasteiger partial charge in [-0.25, -0.2) is 0 Å². The lowest BCUT2D eigenvalue weighted by Crippen LogP contribution is -2.35. The van der Waals surface area contributed by atoms with Gasteiger partial charge in [-0.05, 0) is 37.3 Å². The Morgan fingerprint density at radius 1 is 0.885 bits per heavy atom. The molecule has 2 atom stereocenters. The molecular formula is C23H26O3. The monoisotopic (exact) mass is 350 g/mol. The van der Waals surface area contributed by atoms with Crippen LogP contribution in [0.2, 0.25) is 0 Å². The maximum Gasteiger partial charge on any atom is 0.222 e. The van der Waals surface area contributed by atoms with Crippen molar-refractivity contribution in [3.8, 4) is 0 Å². The highest BCUT2D eigenvalue weighted by atomic mass is 16.7. The topological polar surface area (TPSA) is 38.7 Å². The zero-order chi connectivity index (χ0) is 18.4. The number of benzene rings is 2. The fraction of sp³-hybridized carbons (Fsp3) is 0.391. The predicted molar refractivity (Wildman–Crippen MR) is 102 cm³/mol. The molecule has 0 spiro atoms. The van der Waals surface area contributed by atoms with Crippen LogP contribution in [0.1, 0.15) is 43.9 Å². The first kappa shape index (κ1) is 17.5. The molecule has 0 radical (unpaired) electrons.